The second-order valence-electron chi connectivity index (χ2n) is 1.82. The Morgan fingerprint density at radius 3 is 2.60 bits per heavy atom. The standard InChI is InChI=1S/C7H5IN2/c8-6-2-1-3-7(10)5(6)4-9/h1-3H,10H2. The molecule has 0 atom stereocenters. The molecular weight excluding hydrogens is 239 g/mol. The maximum absolute atomic E-state index is 8.56. The van der Waals surface area contributed by atoms with Crippen LogP contribution in [-0.2, 0) is 0 Å². The van der Waals surface area contributed by atoms with Crippen molar-refractivity contribution in [3.05, 3.63) is 27.3 Å². The summed E-state index contributed by atoms with van der Waals surface area (Å²) in [6, 6.07) is 7.44. The van der Waals surface area contributed by atoms with E-state index in [9.17, 15) is 0 Å². The Kier molecular flexibility index (Phi) is 2.12. The number of nitrogen functional groups attached to an aromatic ring is 1. The van der Waals surface area contributed by atoms with E-state index < -0.39 is 0 Å². The number of nitrogens with two attached hydrogens (primary N) is 1. The van der Waals surface area contributed by atoms with Gasteiger partial charge in [0.05, 0.1) is 11.3 Å². The van der Waals surface area contributed by atoms with Crippen LogP contribution in [0.15, 0.2) is 18.2 Å². The minimum atomic E-state index is 0.550. The monoisotopic (exact) mass is 244 g/mol. The molecule has 2 N–H and O–H groups in total. The Labute approximate surface area is 72.8 Å². The molecule has 0 heterocycles. The first kappa shape index (κ1) is 7.35. The van der Waals surface area contributed by atoms with Gasteiger partial charge in [-0.1, -0.05) is 6.07 Å². The van der Waals surface area contributed by atoms with Crippen molar-refractivity contribution in [2.75, 3.05) is 5.73 Å². The molecule has 2 nitrogen and oxygen atoms in total. The van der Waals surface area contributed by atoms with Crippen LogP contribution in [0.25, 0.3) is 0 Å². The molecule has 0 radical (unpaired) electrons. The molecule has 0 spiro atoms. The molecule has 0 aliphatic heterocycles. The summed E-state index contributed by atoms with van der Waals surface area (Å²) in [5, 5.41) is 8.56. The van der Waals surface area contributed by atoms with E-state index in [0.29, 0.717) is 11.3 Å². The van der Waals surface area contributed by atoms with Crippen molar-refractivity contribution in [3.8, 4) is 6.07 Å². The highest BCUT2D eigenvalue weighted by Gasteiger charge is 1.99. The van der Waals surface area contributed by atoms with Gasteiger partial charge in [0.25, 0.3) is 0 Å². The largest absolute Gasteiger partial charge is 0.398 e. The summed E-state index contributed by atoms with van der Waals surface area (Å²) >= 11 is 2.08. The molecule has 1 aromatic rings. The van der Waals surface area contributed by atoms with Crippen LogP contribution in [0.5, 0.6) is 0 Å². The summed E-state index contributed by atoms with van der Waals surface area (Å²) in [5.74, 6) is 0. The molecule has 1 rings (SSSR count). The predicted octanol–water partition coefficient (Wildman–Crippen LogP) is 1.75. The van der Waals surface area contributed by atoms with Crippen LogP contribution in [0, 0.1) is 14.9 Å². The lowest BCUT2D eigenvalue weighted by Crippen LogP contribution is -1.91. The average Bonchev–Trinajstić information content (AvgIpc) is 1.88. The summed E-state index contributed by atoms with van der Waals surface area (Å²) in [6.07, 6.45) is 0. The van der Waals surface area contributed by atoms with Gasteiger partial charge in [0.2, 0.25) is 0 Å². The van der Waals surface area contributed by atoms with Crippen molar-refractivity contribution in [2.24, 2.45) is 0 Å². The number of hydrogen-bond donors (Lipinski definition) is 1. The lowest BCUT2D eigenvalue weighted by Gasteiger charge is -1.96. The van der Waals surface area contributed by atoms with Gasteiger partial charge in [-0.2, -0.15) is 5.26 Å². The maximum atomic E-state index is 8.56. The summed E-state index contributed by atoms with van der Waals surface area (Å²) in [5.41, 5.74) is 6.63. The fourth-order valence-electron chi connectivity index (χ4n) is 0.659. The van der Waals surface area contributed by atoms with Gasteiger partial charge in [-0.05, 0) is 34.7 Å². The van der Waals surface area contributed by atoms with Gasteiger partial charge in [-0.3, -0.25) is 0 Å². The number of anilines is 1. The van der Waals surface area contributed by atoms with E-state index in [4.69, 9.17) is 11.0 Å². The Balaban J connectivity index is 3.34. The van der Waals surface area contributed by atoms with E-state index in [1.54, 1.807) is 6.07 Å². The summed E-state index contributed by atoms with van der Waals surface area (Å²) in [7, 11) is 0. The number of nitrogens with zero attached hydrogens (tertiary/aromatic N) is 1. The van der Waals surface area contributed by atoms with E-state index in [1.807, 2.05) is 18.2 Å². The van der Waals surface area contributed by atoms with Gasteiger partial charge in [0.1, 0.15) is 6.07 Å². The Morgan fingerprint density at radius 2 is 2.20 bits per heavy atom. The maximum Gasteiger partial charge on any atom is 0.102 e. The highest BCUT2D eigenvalue weighted by Crippen LogP contribution is 2.16. The van der Waals surface area contributed by atoms with Gasteiger partial charge in [-0.15, -0.1) is 0 Å². The molecule has 0 aliphatic carbocycles. The van der Waals surface area contributed by atoms with Crippen LogP contribution in [0.3, 0.4) is 0 Å². The fraction of sp³-hybridized carbons (Fsp3) is 0. The van der Waals surface area contributed by atoms with E-state index in [1.165, 1.54) is 0 Å². The Hall–Kier alpha value is -0.760. The SMILES string of the molecule is N#Cc1c(N)cccc1I. The molecule has 0 aromatic heterocycles. The molecule has 0 aliphatic rings. The molecule has 3 heteroatoms. The quantitative estimate of drug-likeness (QED) is 0.558. The highest BCUT2D eigenvalue weighted by atomic mass is 127. The molecule has 0 fully saturated rings. The number of hydrogen-bond acceptors (Lipinski definition) is 2. The minimum absolute atomic E-state index is 0.550. The number of halogens is 1. The number of nitriles is 1. The normalized spacial score (nSPS) is 8.80. The van der Waals surface area contributed by atoms with Gasteiger partial charge < -0.3 is 5.73 Å². The van der Waals surface area contributed by atoms with Gasteiger partial charge >= 0.3 is 0 Å². The molecule has 0 bridgehead atoms. The van der Waals surface area contributed by atoms with Crippen LogP contribution in [0.2, 0.25) is 0 Å². The number of rotatable bonds is 0. The first-order chi connectivity index (χ1) is 4.75. The van der Waals surface area contributed by atoms with E-state index in [-0.39, 0.29) is 0 Å². The molecule has 50 valence electrons. The van der Waals surface area contributed by atoms with Crippen LogP contribution in [-0.4, -0.2) is 0 Å². The second kappa shape index (κ2) is 2.88. The molecule has 1 aromatic carbocycles. The zero-order valence-electron chi connectivity index (χ0n) is 5.13. The van der Waals surface area contributed by atoms with E-state index >= 15 is 0 Å². The topological polar surface area (TPSA) is 49.8 Å². The van der Waals surface area contributed by atoms with Crippen LogP contribution >= 0.6 is 22.6 Å². The molecule has 0 amide bonds. The lowest BCUT2D eigenvalue weighted by molar-refractivity contribution is 1.46. The summed E-state index contributed by atoms with van der Waals surface area (Å²) in [4.78, 5) is 0. The molecule has 0 saturated heterocycles. The zero-order valence-corrected chi connectivity index (χ0v) is 7.29. The van der Waals surface area contributed by atoms with Crippen molar-refractivity contribution >= 4 is 28.3 Å². The van der Waals surface area contributed by atoms with Crippen molar-refractivity contribution in [1.82, 2.24) is 0 Å². The van der Waals surface area contributed by atoms with Crippen molar-refractivity contribution in [1.29, 1.82) is 5.26 Å². The molecule has 10 heavy (non-hydrogen) atoms. The Bertz CT molecular complexity index is 268. The van der Waals surface area contributed by atoms with Gasteiger partial charge in [0, 0.05) is 3.57 Å². The smallest absolute Gasteiger partial charge is 0.102 e. The molecular formula is C7H5IN2. The van der Waals surface area contributed by atoms with Gasteiger partial charge in [-0.25, -0.2) is 0 Å². The average molecular weight is 244 g/mol. The highest BCUT2D eigenvalue weighted by molar-refractivity contribution is 14.1. The van der Waals surface area contributed by atoms with Crippen molar-refractivity contribution in [3.63, 3.8) is 0 Å². The fourth-order valence-corrected chi connectivity index (χ4v) is 1.30. The zero-order chi connectivity index (χ0) is 7.56. The van der Waals surface area contributed by atoms with E-state index in [0.717, 1.165) is 3.57 Å². The second-order valence-corrected chi connectivity index (χ2v) is 2.98. The van der Waals surface area contributed by atoms with Crippen molar-refractivity contribution in [2.45, 2.75) is 0 Å². The third-order valence-electron chi connectivity index (χ3n) is 1.16. The minimum Gasteiger partial charge on any atom is -0.398 e. The molecule has 0 saturated carbocycles. The van der Waals surface area contributed by atoms with Crippen LogP contribution in [0.4, 0.5) is 5.69 Å². The van der Waals surface area contributed by atoms with Crippen molar-refractivity contribution < 1.29 is 0 Å². The first-order valence-electron chi connectivity index (χ1n) is 2.70. The lowest BCUT2D eigenvalue weighted by atomic mass is 10.2. The third kappa shape index (κ3) is 1.21. The molecule has 0 unspecified atom stereocenters. The summed E-state index contributed by atoms with van der Waals surface area (Å²) < 4.78 is 0.903. The summed E-state index contributed by atoms with van der Waals surface area (Å²) in [6.45, 7) is 0. The van der Waals surface area contributed by atoms with E-state index in [2.05, 4.69) is 22.6 Å². The third-order valence-corrected chi connectivity index (χ3v) is 2.06. The number of benzene rings is 1. The van der Waals surface area contributed by atoms with Crippen LogP contribution in [0.1, 0.15) is 5.56 Å². The first-order valence-corrected chi connectivity index (χ1v) is 3.77. The van der Waals surface area contributed by atoms with Crippen LogP contribution < -0.4 is 5.73 Å². The van der Waals surface area contributed by atoms with Gasteiger partial charge in [0.15, 0.2) is 0 Å². The Morgan fingerprint density at radius 1 is 1.50 bits per heavy atom. The predicted molar refractivity (Wildman–Crippen MR) is 48.3 cm³/mol.